The van der Waals surface area contributed by atoms with Gasteiger partial charge in [0.1, 0.15) is 5.75 Å². The maximum absolute atomic E-state index is 11.0. The van der Waals surface area contributed by atoms with Gasteiger partial charge in [-0.1, -0.05) is 23.5 Å². The molecule has 1 aliphatic rings. The normalized spacial score (nSPS) is 13.3. The molecule has 2 N–H and O–H groups in total. The summed E-state index contributed by atoms with van der Waals surface area (Å²) in [6.45, 7) is 2.42. The molecule has 5 heteroatoms. The summed E-state index contributed by atoms with van der Waals surface area (Å²) in [5.74, 6) is 1.03. The van der Waals surface area contributed by atoms with Gasteiger partial charge >= 0.3 is 4.87 Å². The van der Waals surface area contributed by atoms with Crippen LogP contribution >= 0.6 is 11.3 Å². The van der Waals surface area contributed by atoms with E-state index in [9.17, 15) is 4.79 Å². The van der Waals surface area contributed by atoms with E-state index >= 15 is 0 Å². The summed E-state index contributed by atoms with van der Waals surface area (Å²) >= 11 is 1.21. The van der Waals surface area contributed by atoms with E-state index in [1.165, 1.54) is 22.5 Å². The number of hydrogen-bond acceptors (Lipinski definition) is 4. The monoisotopic (exact) mass is 276 g/mol. The molecule has 0 aliphatic carbocycles. The minimum Gasteiger partial charge on any atom is -0.493 e. The summed E-state index contributed by atoms with van der Waals surface area (Å²) in [6, 6.07) is 6.42. The van der Waals surface area contributed by atoms with Crippen molar-refractivity contribution in [2.24, 2.45) is 0 Å². The summed E-state index contributed by atoms with van der Waals surface area (Å²) in [5, 5.41) is 5.20. The van der Waals surface area contributed by atoms with Gasteiger partial charge in [0.05, 0.1) is 6.61 Å². The number of H-pyrrole nitrogens is 1. The lowest BCUT2D eigenvalue weighted by Gasteiger charge is -2.05. The standard InChI is InChI=1S/C14H16N2O2S/c17-14-16-12(9-19-14)8-15-5-3-10-1-2-13-11(7-10)4-6-18-13/h1-2,7,9,15H,3-6,8H2,(H,16,17). The van der Waals surface area contributed by atoms with Gasteiger partial charge in [-0.3, -0.25) is 4.79 Å². The van der Waals surface area contributed by atoms with Crippen molar-refractivity contribution in [2.75, 3.05) is 13.2 Å². The van der Waals surface area contributed by atoms with Gasteiger partial charge in [-0.25, -0.2) is 0 Å². The van der Waals surface area contributed by atoms with E-state index in [4.69, 9.17) is 4.74 Å². The van der Waals surface area contributed by atoms with Crippen LogP contribution in [0.15, 0.2) is 28.4 Å². The van der Waals surface area contributed by atoms with Crippen LogP contribution in [0, 0.1) is 0 Å². The molecule has 2 aromatic rings. The second-order valence-electron chi connectivity index (χ2n) is 4.64. The highest BCUT2D eigenvalue weighted by Gasteiger charge is 2.11. The predicted molar refractivity (Wildman–Crippen MR) is 76.0 cm³/mol. The van der Waals surface area contributed by atoms with Crippen LogP contribution in [0.4, 0.5) is 0 Å². The van der Waals surface area contributed by atoms with E-state index < -0.39 is 0 Å². The average molecular weight is 276 g/mol. The van der Waals surface area contributed by atoms with E-state index in [0.29, 0.717) is 6.54 Å². The van der Waals surface area contributed by atoms with Crippen LogP contribution in [0.1, 0.15) is 16.8 Å². The smallest absolute Gasteiger partial charge is 0.304 e. The number of aromatic amines is 1. The first-order valence-electron chi connectivity index (χ1n) is 6.43. The molecule has 19 heavy (non-hydrogen) atoms. The Hall–Kier alpha value is -1.59. The Morgan fingerprint density at radius 3 is 3.21 bits per heavy atom. The summed E-state index contributed by atoms with van der Waals surface area (Å²) in [5.41, 5.74) is 3.60. The highest BCUT2D eigenvalue weighted by Crippen LogP contribution is 2.25. The second-order valence-corrected chi connectivity index (χ2v) is 5.48. The first-order chi connectivity index (χ1) is 9.31. The number of aromatic nitrogens is 1. The lowest BCUT2D eigenvalue weighted by atomic mass is 10.1. The zero-order valence-corrected chi connectivity index (χ0v) is 11.4. The van der Waals surface area contributed by atoms with Crippen molar-refractivity contribution >= 4 is 11.3 Å². The fraction of sp³-hybridized carbons (Fsp3) is 0.357. The van der Waals surface area contributed by atoms with Gasteiger partial charge in [-0.05, 0) is 30.2 Å². The highest BCUT2D eigenvalue weighted by atomic mass is 32.1. The number of ether oxygens (including phenoxy) is 1. The molecule has 2 heterocycles. The van der Waals surface area contributed by atoms with Crippen LogP contribution in [-0.2, 0) is 19.4 Å². The molecule has 0 saturated carbocycles. The zero-order valence-electron chi connectivity index (χ0n) is 10.6. The SMILES string of the molecule is O=c1[nH]c(CNCCc2ccc3c(c2)CCO3)cs1. The number of thiazole rings is 1. The van der Waals surface area contributed by atoms with Crippen molar-refractivity contribution in [3.8, 4) is 5.75 Å². The van der Waals surface area contributed by atoms with E-state index in [2.05, 4.69) is 28.5 Å². The van der Waals surface area contributed by atoms with Gasteiger partial charge in [0, 0.05) is 24.0 Å². The van der Waals surface area contributed by atoms with Crippen molar-refractivity contribution in [1.82, 2.24) is 10.3 Å². The van der Waals surface area contributed by atoms with E-state index in [0.717, 1.165) is 37.4 Å². The van der Waals surface area contributed by atoms with E-state index in [1.54, 1.807) is 0 Å². The lowest BCUT2D eigenvalue weighted by molar-refractivity contribution is 0.357. The van der Waals surface area contributed by atoms with E-state index in [1.807, 2.05) is 5.38 Å². The summed E-state index contributed by atoms with van der Waals surface area (Å²) in [7, 11) is 0. The predicted octanol–water partition coefficient (Wildman–Crippen LogP) is 1.70. The molecule has 0 saturated heterocycles. The molecule has 0 amide bonds. The van der Waals surface area contributed by atoms with Crippen molar-refractivity contribution in [3.05, 3.63) is 50.1 Å². The maximum atomic E-state index is 11.0. The molecular weight excluding hydrogens is 260 g/mol. The van der Waals surface area contributed by atoms with Crippen LogP contribution in [0.25, 0.3) is 0 Å². The molecule has 0 bridgehead atoms. The second kappa shape index (κ2) is 5.59. The number of nitrogens with one attached hydrogen (secondary N) is 2. The third-order valence-electron chi connectivity index (χ3n) is 3.23. The molecule has 4 nitrogen and oxygen atoms in total. The van der Waals surface area contributed by atoms with Crippen molar-refractivity contribution in [1.29, 1.82) is 0 Å². The van der Waals surface area contributed by atoms with Crippen LogP contribution in [0.3, 0.4) is 0 Å². The Morgan fingerprint density at radius 2 is 2.37 bits per heavy atom. The fourth-order valence-electron chi connectivity index (χ4n) is 2.25. The van der Waals surface area contributed by atoms with Gasteiger partial charge in [-0.15, -0.1) is 0 Å². The molecule has 1 aliphatic heterocycles. The Labute approximate surface area is 115 Å². The topological polar surface area (TPSA) is 54.1 Å². The quantitative estimate of drug-likeness (QED) is 0.817. The van der Waals surface area contributed by atoms with Crippen molar-refractivity contribution < 1.29 is 4.74 Å². The van der Waals surface area contributed by atoms with Crippen molar-refractivity contribution in [3.63, 3.8) is 0 Å². The van der Waals surface area contributed by atoms with Gasteiger partial charge in [0.2, 0.25) is 0 Å². The van der Waals surface area contributed by atoms with Crippen LogP contribution < -0.4 is 14.9 Å². The molecule has 1 aromatic carbocycles. The lowest BCUT2D eigenvalue weighted by Crippen LogP contribution is -2.17. The Balaban J connectivity index is 1.48. The number of fused-ring (bicyclic) bond motifs is 1. The van der Waals surface area contributed by atoms with Gasteiger partial charge in [0.25, 0.3) is 0 Å². The average Bonchev–Trinajstić information content (AvgIpc) is 3.03. The molecule has 0 fully saturated rings. The van der Waals surface area contributed by atoms with Crippen LogP contribution in [-0.4, -0.2) is 18.1 Å². The molecule has 1 aromatic heterocycles. The summed E-state index contributed by atoms with van der Waals surface area (Å²) in [4.78, 5) is 13.8. The summed E-state index contributed by atoms with van der Waals surface area (Å²) in [6.07, 6.45) is 2.01. The van der Waals surface area contributed by atoms with Gasteiger partial charge < -0.3 is 15.0 Å². The number of hydrogen-bond donors (Lipinski definition) is 2. The molecule has 100 valence electrons. The minimum atomic E-state index is 0.00965. The van der Waals surface area contributed by atoms with Gasteiger partial charge in [-0.2, -0.15) is 0 Å². The Bertz CT molecular complexity index is 618. The van der Waals surface area contributed by atoms with Crippen LogP contribution in [0.5, 0.6) is 5.75 Å². The molecule has 0 unspecified atom stereocenters. The molecule has 0 radical (unpaired) electrons. The minimum absolute atomic E-state index is 0.00965. The van der Waals surface area contributed by atoms with Gasteiger partial charge in [0.15, 0.2) is 0 Å². The number of rotatable bonds is 5. The zero-order chi connectivity index (χ0) is 13.1. The highest BCUT2D eigenvalue weighted by molar-refractivity contribution is 7.07. The Kier molecular flexibility index (Phi) is 3.66. The summed E-state index contributed by atoms with van der Waals surface area (Å²) < 4.78 is 5.49. The van der Waals surface area contributed by atoms with Crippen molar-refractivity contribution in [2.45, 2.75) is 19.4 Å². The molecule has 0 spiro atoms. The number of benzene rings is 1. The third kappa shape index (κ3) is 3.05. The molecule has 3 rings (SSSR count). The van der Waals surface area contributed by atoms with Crippen LogP contribution in [0.2, 0.25) is 0 Å². The third-order valence-corrected chi connectivity index (χ3v) is 3.95. The fourth-order valence-corrected chi connectivity index (χ4v) is 2.83. The first kappa shape index (κ1) is 12.4. The Morgan fingerprint density at radius 1 is 1.42 bits per heavy atom. The maximum Gasteiger partial charge on any atom is 0.304 e. The molecule has 0 atom stereocenters. The largest absolute Gasteiger partial charge is 0.493 e. The first-order valence-corrected chi connectivity index (χ1v) is 7.31. The molecular formula is C14H16N2O2S. The van der Waals surface area contributed by atoms with E-state index in [-0.39, 0.29) is 4.87 Å².